The van der Waals surface area contributed by atoms with Crippen molar-refractivity contribution in [3.05, 3.63) is 34.2 Å². The Hall–Kier alpha value is -3.50. The molecule has 0 aliphatic carbocycles. The van der Waals surface area contributed by atoms with E-state index >= 15 is 0 Å². The number of H-pyrrole nitrogens is 1. The molecule has 1 aromatic carbocycles. The Kier molecular flexibility index (Phi) is 15.1. The SMILES string of the molecule is CCCc1nn(C)c2c(=O)[nH]c(-c3cc(S(=O)(=O)N4C[C@@H](C)N[C@@H](C)C4)ccc3OCC)nc12.NCCCC(N)C(=O)O.O=S(=O)([O-])[O-]. The van der Waals surface area contributed by atoms with Crippen molar-refractivity contribution in [2.24, 2.45) is 18.5 Å². The van der Waals surface area contributed by atoms with Crippen LogP contribution in [0.15, 0.2) is 27.9 Å². The molecule has 7 N–H and O–H groups in total. The minimum atomic E-state index is -5.17. The molecule has 0 spiro atoms. The Balaban J connectivity index is 0.000000480. The lowest BCUT2D eigenvalue weighted by Gasteiger charge is -2.35. The Labute approximate surface area is 279 Å². The first kappa shape index (κ1) is 40.7. The summed E-state index contributed by atoms with van der Waals surface area (Å²) in [7, 11) is -7.21. The van der Waals surface area contributed by atoms with E-state index in [2.05, 4.69) is 15.4 Å². The summed E-state index contributed by atoms with van der Waals surface area (Å²) in [6.45, 7) is 9.46. The smallest absolute Gasteiger partial charge is 0.320 e. The molecule has 1 fully saturated rings. The number of nitrogens with two attached hydrogens (primary N) is 2. The van der Waals surface area contributed by atoms with Gasteiger partial charge in [0.1, 0.15) is 23.1 Å². The number of aromatic amines is 1. The maximum Gasteiger partial charge on any atom is 0.320 e. The molecular formula is C28H44N8O10S2-2. The van der Waals surface area contributed by atoms with Crippen LogP contribution in [-0.2, 0) is 38.7 Å². The lowest BCUT2D eigenvalue weighted by molar-refractivity contribution is -0.138. The fraction of sp³-hybridized carbons (Fsp3) is 0.571. The number of aryl methyl sites for hydroxylation is 2. The molecule has 20 heteroatoms. The molecule has 1 aliphatic rings. The summed E-state index contributed by atoms with van der Waals surface area (Å²) in [5, 5.41) is 16.1. The molecule has 0 bridgehead atoms. The van der Waals surface area contributed by atoms with Crippen LogP contribution in [0.5, 0.6) is 5.75 Å². The van der Waals surface area contributed by atoms with Crippen LogP contribution in [0.1, 0.15) is 52.7 Å². The van der Waals surface area contributed by atoms with Gasteiger partial charge in [0.15, 0.2) is 5.52 Å². The van der Waals surface area contributed by atoms with Gasteiger partial charge >= 0.3 is 5.97 Å². The molecule has 18 nitrogen and oxygen atoms in total. The minimum absolute atomic E-state index is 0.0451. The third-order valence-electron chi connectivity index (χ3n) is 6.95. The van der Waals surface area contributed by atoms with Crippen LogP contribution in [0.25, 0.3) is 22.4 Å². The lowest BCUT2D eigenvalue weighted by atomic mass is 10.1. The number of aromatic nitrogens is 4. The van der Waals surface area contributed by atoms with Crippen LogP contribution < -0.4 is 27.1 Å². The molecule has 1 aliphatic heterocycles. The normalized spacial score (nSPS) is 17.5. The van der Waals surface area contributed by atoms with Crippen molar-refractivity contribution in [3.63, 3.8) is 0 Å². The summed E-state index contributed by atoms with van der Waals surface area (Å²) >= 11 is 0. The highest BCUT2D eigenvalue weighted by molar-refractivity contribution is 7.89. The van der Waals surface area contributed by atoms with Gasteiger partial charge in [-0.2, -0.15) is 9.40 Å². The summed E-state index contributed by atoms with van der Waals surface area (Å²) in [6, 6.07) is 4.06. The third-order valence-corrected chi connectivity index (χ3v) is 8.78. The van der Waals surface area contributed by atoms with Gasteiger partial charge in [-0.25, -0.2) is 13.4 Å². The summed E-state index contributed by atoms with van der Waals surface area (Å²) in [5.74, 6) is -0.249. The van der Waals surface area contributed by atoms with Crippen LogP contribution >= 0.6 is 0 Å². The molecule has 0 saturated carbocycles. The number of hydrogen-bond donors (Lipinski definition) is 5. The Morgan fingerprint density at radius 1 is 1.17 bits per heavy atom. The number of nitrogens with zero attached hydrogens (tertiary/aromatic N) is 4. The summed E-state index contributed by atoms with van der Waals surface area (Å²) < 4.78 is 69.9. The largest absolute Gasteiger partial charge is 0.759 e. The van der Waals surface area contributed by atoms with Gasteiger partial charge in [0.25, 0.3) is 5.56 Å². The molecule has 48 heavy (non-hydrogen) atoms. The zero-order chi connectivity index (χ0) is 36.4. The maximum absolute atomic E-state index is 13.5. The highest BCUT2D eigenvalue weighted by Gasteiger charge is 2.32. The van der Waals surface area contributed by atoms with Gasteiger partial charge < -0.3 is 40.7 Å². The molecule has 4 rings (SSSR count). The molecule has 0 radical (unpaired) electrons. The number of carboxylic acid groups (broad SMARTS) is 1. The predicted molar refractivity (Wildman–Crippen MR) is 175 cm³/mol. The predicted octanol–water partition coefficient (Wildman–Crippen LogP) is -0.155. The highest BCUT2D eigenvalue weighted by atomic mass is 32.3. The summed E-state index contributed by atoms with van der Waals surface area (Å²) in [6.07, 6.45) is 2.67. The number of benzene rings is 1. The first-order valence-electron chi connectivity index (χ1n) is 15.2. The van der Waals surface area contributed by atoms with Crippen LogP contribution in [0.2, 0.25) is 0 Å². The van der Waals surface area contributed by atoms with Gasteiger partial charge in [0.05, 0.1) is 22.8 Å². The number of carbonyl (C=O) groups is 1. The average Bonchev–Trinajstić information content (AvgIpc) is 3.30. The van der Waals surface area contributed by atoms with Crippen molar-refractivity contribution in [1.82, 2.24) is 29.4 Å². The zero-order valence-electron chi connectivity index (χ0n) is 27.5. The second-order valence-electron chi connectivity index (χ2n) is 11.1. The minimum Gasteiger partial charge on any atom is -0.759 e. The fourth-order valence-corrected chi connectivity index (χ4v) is 6.64. The van der Waals surface area contributed by atoms with E-state index in [9.17, 15) is 18.0 Å². The second-order valence-corrected chi connectivity index (χ2v) is 13.9. The zero-order valence-corrected chi connectivity index (χ0v) is 29.1. The van der Waals surface area contributed by atoms with Crippen LogP contribution in [-0.4, -0.2) is 105 Å². The maximum atomic E-state index is 13.5. The number of aliphatic carboxylic acids is 1. The third kappa shape index (κ3) is 11.6. The lowest BCUT2D eigenvalue weighted by Crippen LogP contribution is -2.55. The molecule has 3 aromatic rings. The van der Waals surface area contributed by atoms with Crippen LogP contribution in [0, 0.1) is 0 Å². The highest BCUT2D eigenvalue weighted by Crippen LogP contribution is 2.32. The Bertz CT molecular complexity index is 1790. The van der Waals surface area contributed by atoms with E-state index in [0.717, 1.165) is 12.1 Å². The number of fused-ring (bicyclic) bond motifs is 1. The molecule has 0 amide bonds. The van der Waals surface area contributed by atoms with E-state index in [-0.39, 0.29) is 28.4 Å². The second kappa shape index (κ2) is 17.8. The fourth-order valence-electron chi connectivity index (χ4n) is 5.00. The number of nitrogens with one attached hydrogen (secondary N) is 2. The summed E-state index contributed by atoms with van der Waals surface area (Å²) in [4.78, 5) is 30.6. The van der Waals surface area contributed by atoms with E-state index < -0.39 is 32.4 Å². The van der Waals surface area contributed by atoms with Gasteiger partial charge in [0.2, 0.25) is 10.0 Å². The van der Waals surface area contributed by atoms with E-state index in [1.54, 1.807) is 19.2 Å². The molecule has 1 unspecified atom stereocenters. The van der Waals surface area contributed by atoms with E-state index in [1.807, 2.05) is 27.7 Å². The quantitative estimate of drug-likeness (QED) is 0.127. The van der Waals surface area contributed by atoms with Crippen LogP contribution in [0.3, 0.4) is 0 Å². The summed E-state index contributed by atoms with van der Waals surface area (Å²) in [5.41, 5.74) is 12.0. The van der Waals surface area contributed by atoms with Crippen molar-refractivity contribution in [2.45, 2.75) is 76.4 Å². The van der Waals surface area contributed by atoms with E-state index in [0.29, 0.717) is 67.8 Å². The van der Waals surface area contributed by atoms with Gasteiger partial charge in [0, 0.05) is 42.6 Å². The van der Waals surface area contributed by atoms with Gasteiger partial charge in [-0.05, 0) is 64.8 Å². The van der Waals surface area contributed by atoms with Gasteiger partial charge in [-0.15, -0.1) is 0 Å². The topological polar surface area (TPSA) is 292 Å². The first-order chi connectivity index (χ1) is 22.3. The van der Waals surface area contributed by atoms with Crippen molar-refractivity contribution in [3.8, 4) is 17.1 Å². The average molecular weight is 717 g/mol. The number of hydrogen-bond acceptors (Lipinski definition) is 14. The first-order valence-corrected chi connectivity index (χ1v) is 18.0. The van der Waals surface area contributed by atoms with Crippen molar-refractivity contribution in [2.75, 3.05) is 26.2 Å². The van der Waals surface area contributed by atoms with Gasteiger partial charge in [-0.1, -0.05) is 13.3 Å². The van der Waals surface area contributed by atoms with Crippen molar-refractivity contribution >= 4 is 37.4 Å². The van der Waals surface area contributed by atoms with Crippen molar-refractivity contribution in [1.29, 1.82) is 0 Å². The monoisotopic (exact) mass is 716 g/mol. The molecule has 3 atom stereocenters. The number of piperazine rings is 1. The molecular weight excluding hydrogens is 672 g/mol. The Morgan fingerprint density at radius 2 is 1.77 bits per heavy atom. The van der Waals surface area contributed by atoms with E-state index in [1.165, 1.54) is 15.1 Å². The Morgan fingerprint density at radius 3 is 2.29 bits per heavy atom. The van der Waals surface area contributed by atoms with E-state index in [4.69, 9.17) is 43.8 Å². The molecule has 3 heterocycles. The number of carboxylic acids is 1. The number of rotatable bonds is 11. The van der Waals surface area contributed by atoms with Gasteiger partial charge in [-0.3, -0.25) is 22.7 Å². The standard InChI is InChI=1S/C23H32N6O4S.C5H12N2O2.H2O4S/c1-6-8-18-20-21(28(5)27-18)23(30)26-22(25-20)17-11-16(9-10-19(17)33-7-2)34(31,32)29-12-14(3)24-15(4)13-29;6-3-1-2-4(7)5(8)9;1-5(2,3)4/h9-11,14-15,24H,6-8,12-13H2,1-5H3,(H,25,26,30);4H,1-3,6-7H2,(H,8,9);(H2,1,2,3,4)/p-2/t14-,15+;;. The molecule has 270 valence electrons. The number of ether oxygens (including phenoxy) is 1. The van der Waals surface area contributed by atoms with Crippen LogP contribution in [0.4, 0.5) is 0 Å². The molecule has 1 saturated heterocycles. The molecule has 2 aromatic heterocycles. The number of sulfonamides is 1. The van der Waals surface area contributed by atoms with Crippen molar-refractivity contribution < 1.29 is 40.6 Å².